The van der Waals surface area contributed by atoms with Gasteiger partial charge >= 0.3 is 5.97 Å². The van der Waals surface area contributed by atoms with E-state index >= 15 is 0 Å². The maximum atomic E-state index is 11.4. The molecule has 4 N–H and O–H groups in total. The number of carboxylic acid groups (broad SMARTS) is 1. The fourth-order valence-corrected chi connectivity index (χ4v) is 2.92. The lowest BCUT2D eigenvalue weighted by Crippen LogP contribution is -2.57. The zero-order valence-electron chi connectivity index (χ0n) is 12.9. The maximum absolute atomic E-state index is 11.4. The van der Waals surface area contributed by atoms with E-state index in [1.54, 1.807) is 6.08 Å². The number of amides is 1. The van der Waals surface area contributed by atoms with Crippen molar-refractivity contribution in [3.8, 4) is 0 Å². The highest BCUT2D eigenvalue weighted by molar-refractivity contribution is 5.75. The van der Waals surface area contributed by atoms with Gasteiger partial charge in [0.15, 0.2) is 0 Å². The highest BCUT2D eigenvalue weighted by Crippen LogP contribution is 2.27. The summed E-state index contributed by atoms with van der Waals surface area (Å²) < 4.78 is 0. The first-order valence-corrected chi connectivity index (χ1v) is 7.32. The van der Waals surface area contributed by atoms with Crippen LogP contribution in [0, 0.1) is 11.8 Å². The van der Waals surface area contributed by atoms with E-state index in [-0.39, 0.29) is 23.8 Å². The van der Waals surface area contributed by atoms with Gasteiger partial charge in [-0.25, -0.2) is 0 Å². The Kier molecular flexibility index (Phi) is 6.36. The molecule has 0 spiro atoms. The molecule has 5 atom stereocenters. The topological polar surface area (TPSA) is 98.7 Å². The molecular weight excluding hydrogens is 272 g/mol. The lowest BCUT2D eigenvalue weighted by atomic mass is 9.88. The summed E-state index contributed by atoms with van der Waals surface area (Å²) in [6.07, 6.45) is 1.90. The predicted octanol–water partition coefficient (Wildman–Crippen LogP) is 0.515. The molecule has 1 fully saturated rings. The Morgan fingerprint density at radius 3 is 2.52 bits per heavy atom. The Labute approximate surface area is 125 Å². The van der Waals surface area contributed by atoms with E-state index in [0.717, 1.165) is 0 Å². The molecule has 0 aromatic heterocycles. The Balaban J connectivity index is 2.92. The number of aliphatic carboxylic acids is 1. The molecular formula is C15H26N2O4. The Morgan fingerprint density at radius 1 is 1.48 bits per heavy atom. The van der Waals surface area contributed by atoms with E-state index in [4.69, 9.17) is 5.11 Å². The molecule has 21 heavy (non-hydrogen) atoms. The van der Waals surface area contributed by atoms with Gasteiger partial charge in [0.2, 0.25) is 5.91 Å². The number of carbonyl (C=O) groups is 2. The van der Waals surface area contributed by atoms with E-state index in [2.05, 4.69) is 17.2 Å². The van der Waals surface area contributed by atoms with Gasteiger partial charge in [-0.05, 0) is 24.7 Å². The molecule has 120 valence electrons. The van der Waals surface area contributed by atoms with E-state index < -0.39 is 24.2 Å². The molecule has 6 nitrogen and oxygen atoms in total. The molecule has 0 bridgehead atoms. The smallest absolute Gasteiger partial charge is 0.320 e. The normalized spacial score (nSPS) is 28.1. The van der Waals surface area contributed by atoms with Crippen LogP contribution in [-0.2, 0) is 9.59 Å². The molecule has 1 aliphatic rings. The SMILES string of the molecule is C=C[C@@H]1C[C@H](C(=O)O)N[C@H]1[C@@H](NC(C)=O)[C@H](O)CC(C)C. The van der Waals surface area contributed by atoms with Gasteiger partial charge in [-0.2, -0.15) is 0 Å². The molecule has 1 saturated heterocycles. The number of carboxylic acids is 1. The molecule has 0 saturated carbocycles. The molecule has 6 heteroatoms. The molecule has 0 radical (unpaired) electrons. The van der Waals surface area contributed by atoms with E-state index in [1.807, 2.05) is 13.8 Å². The molecule has 1 amide bonds. The summed E-state index contributed by atoms with van der Waals surface area (Å²) in [7, 11) is 0. The average Bonchev–Trinajstić information content (AvgIpc) is 2.78. The summed E-state index contributed by atoms with van der Waals surface area (Å²) >= 11 is 0. The standard InChI is InChI=1S/C15H26N2O4/c1-5-10-7-11(15(20)21)17-13(10)14(16-9(4)18)12(19)6-8(2)3/h5,8,10-14,17,19H,1,6-7H2,2-4H3,(H,16,18)(H,20,21)/t10-,11-,12-,13-,14+/m1/s1. The molecule has 0 aromatic carbocycles. The zero-order chi connectivity index (χ0) is 16.2. The third-order valence-corrected chi connectivity index (χ3v) is 3.85. The Hall–Kier alpha value is -1.40. The van der Waals surface area contributed by atoms with E-state index in [0.29, 0.717) is 12.8 Å². The highest BCUT2D eigenvalue weighted by Gasteiger charge is 2.42. The summed E-state index contributed by atoms with van der Waals surface area (Å²) in [5.41, 5.74) is 0. The summed E-state index contributed by atoms with van der Waals surface area (Å²) in [6, 6.07) is -1.54. The van der Waals surface area contributed by atoms with Gasteiger partial charge in [-0.15, -0.1) is 6.58 Å². The van der Waals surface area contributed by atoms with E-state index in [9.17, 15) is 14.7 Å². The number of hydrogen-bond donors (Lipinski definition) is 4. The molecule has 0 unspecified atom stereocenters. The van der Waals surface area contributed by atoms with Crippen molar-refractivity contribution >= 4 is 11.9 Å². The van der Waals surface area contributed by atoms with Crippen molar-refractivity contribution in [1.82, 2.24) is 10.6 Å². The van der Waals surface area contributed by atoms with Crippen molar-refractivity contribution in [3.05, 3.63) is 12.7 Å². The first kappa shape index (κ1) is 17.7. The van der Waals surface area contributed by atoms with Gasteiger partial charge < -0.3 is 15.5 Å². The van der Waals surface area contributed by atoms with Gasteiger partial charge in [0, 0.05) is 13.0 Å². The predicted molar refractivity (Wildman–Crippen MR) is 79.7 cm³/mol. The number of nitrogens with one attached hydrogen (secondary N) is 2. The van der Waals surface area contributed by atoms with Crippen molar-refractivity contribution in [2.24, 2.45) is 11.8 Å². The average molecular weight is 298 g/mol. The summed E-state index contributed by atoms with van der Waals surface area (Å²) in [5.74, 6) is -1.00. The molecule has 1 heterocycles. The number of aliphatic hydroxyl groups is 1. The lowest BCUT2D eigenvalue weighted by molar-refractivity contribution is -0.139. The number of carbonyl (C=O) groups excluding carboxylic acids is 1. The zero-order valence-corrected chi connectivity index (χ0v) is 12.9. The van der Waals surface area contributed by atoms with Crippen LogP contribution >= 0.6 is 0 Å². The fraction of sp³-hybridized carbons (Fsp3) is 0.733. The van der Waals surface area contributed by atoms with Crippen LogP contribution in [0.15, 0.2) is 12.7 Å². The van der Waals surface area contributed by atoms with Gasteiger partial charge in [-0.1, -0.05) is 19.9 Å². The van der Waals surface area contributed by atoms with E-state index in [1.165, 1.54) is 6.92 Å². The third-order valence-electron chi connectivity index (χ3n) is 3.85. The van der Waals surface area contributed by atoms with Crippen LogP contribution in [0.4, 0.5) is 0 Å². The molecule has 0 aromatic rings. The minimum absolute atomic E-state index is 0.107. The first-order chi connectivity index (χ1) is 9.76. The van der Waals surface area contributed by atoms with Crippen molar-refractivity contribution < 1.29 is 19.8 Å². The first-order valence-electron chi connectivity index (χ1n) is 7.32. The second-order valence-corrected chi connectivity index (χ2v) is 6.14. The quantitative estimate of drug-likeness (QED) is 0.514. The summed E-state index contributed by atoms with van der Waals surface area (Å²) in [5, 5.41) is 25.3. The Morgan fingerprint density at radius 2 is 2.10 bits per heavy atom. The highest BCUT2D eigenvalue weighted by atomic mass is 16.4. The van der Waals surface area contributed by atoms with Crippen molar-refractivity contribution in [2.45, 2.75) is 57.8 Å². The van der Waals surface area contributed by atoms with Crippen LogP contribution in [0.2, 0.25) is 0 Å². The van der Waals surface area contributed by atoms with Crippen LogP contribution in [0.25, 0.3) is 0 Å². The van der Waals surface area contributed by atoms with Crippen LogP contribution < -0.4 is 10.6 Å². The van der Waals surface area contributed by atoms with Crippen LogP contribution in [0.5, 0.6) is 0 Å². The van der Waals surface area contributed by atoms with Gasteiger partial charge in [0.1, 0.15) is 6.04 Å². The largest absolute Gasteiger partial charge is 0.480 e. The minimum atomic E-state index is -0.927. The van der Waals surface area contributed by atoms with Crippen molar-refractivity contribution in [3.63, 3.8) is 0 Å². The minimum Gasteiger partial charge on any atom is -0.480 e. The second kappa shape index (κ2) is 7.56. The van der Waals surface area contributed by atoms with Crippen LogP contribution in [0.1, 0.15) is 33.6 Å². The Bertz CT molecular complexity index is 397. The van der Waals surface area contributed by atoms with Crippen molar-refractivity contribution in [2.75, 3.05) is 0 Å². The summed E-state index contributed by atoms with van der Waals surface area (Å²) in [4.78, 5) is 22.6. The molecule has 0 aliphatic carbocycles. The third kappa shape index (κ3) is 4.82. The monoisotopic (exact) mass is 298 g/mol. The number of aliphatic hydroxyl groups excluding tert-OH is 1. The van der Waals surface area contributed by atoms with Gasteiger partial charge in [0.05, 0.1) is 12.1 Å². The number of hydrogen-bond acceptors (Lipinski definition) is 4. The molecule has 1 rings (SSSR count). The summed E-state index contributed by atoms with van der Waals surface area (Å²) in [6.45, 7) is 9.11. The van der Waals surface area contributed by atoms with Gasteiger partial charge in [-0.3, -0.25) is 14.9 Å². The molecule has 1 aliphatic heterocycles. The number of rotatable bonds is 7. The van der Waals surface area contributed by atoms with Gasteiger partial charge in [0.25, 0.3) is 0 Å². The van der Waals surface area contributed by atoms with Crippen LogP contribution in [0.3, 0.4) is 0 Å². The van der Waals surface area contributed by atoms with Crippen LogP contribution in [-0.4, -0.2) is 46.3 Å². The second-order valence-electron chi connectivity index (χ2n) is 6.14. The van der Waals surface area contributed by atoms with Crippen molar-refractivity contribution in [1.29, 1.82) is 0 Å². The fourth-order valence-electron chi connectivity index (χ4n) is 2.92. The maximum Gasteiger partial charge on any atom is 0.320 e. The lowest BCUT2D eigenvalue weighted by Gasteiger charge is -2.32.